The summed E-state index contributed by atoms with van der Waals surface area (Å²) in [5.74, 6) is 1.56. The molecule has 1 unspecified atom stereocenters. The molecular formula is C17H22N4O4. The standard InChI is InChI=1S/C17H22N4O4/c1-11-14(12(2)25-20-11)7-17(22)21-6-4-5-13(10-21)24-16-9-18-8-15(19-16)23-3/h8-9,13H,4-7,10H2,1-3H3. The molecule has 8 heteroatoms. The lowest BCUT2D eigenvalue weighted by atomic mass is 10.1. The normalized spacial score (nSPS) is 17.4. The Labute approximate surface area is 146 Å². The SMILES string of the molecule is COc1cncc(OC2CCCN(C(=O)Cc3c(C)noc3C)C2)n1. The lowest BCUT2D eigenvalue weighted by Gasteiger charge is -2.32. The first-order valence-corrected chi connectivity index (χ1v) is 8.29. The Bertz CT molecular complexity index is 726. The third-order valence-corrected chi connectivity index (χ3v) is 4.33. The van der Waals surface area contributed by atoms with Crippen molar-refractivity contribution in [2.45, 2.75) is 39.2 Å². The summed E-state index contributed by atoms with van der Waals surface area (Å²) < 4.78 is 16.1. The van der Waals surface area contributed by atoms with Crippen LogP contribution in [0.4, 0.5) is 0 Å². The molecular weight excluding hydrogens is 324 g/mol. The average molecular weight is 346 g/mol. The monoisotopic (exact) mass is 346 g/mol. The van der Waals surface area contributed by atoms with E-state index in [0.717, 1.165) is 30.6 Å². The Hall–Kier alpha value is -2.64. The van der Waals surface area contributed by atoms with Crippen LogP contribution in [-0.2, 0) is 11.2 Å². The third-order valence-electron chi connectivity index (χ3n) is 4.33. The van der Waals surface area contributed by atoms with Crippen molar-refractivity contribution < 1.29 is 18.8 Å². The molecule has 1 aliphatic rings. The highest BCUT2D eigenvalue weighted by atomic mass is 16.5. The van der Waals surface area contributed by atoms with Gasteiger partial charge in [-0.1, -0.05) is 5.16 Å². The van der Waals surface area contributed by atoms with E-state index in [2.05, 4.69) is 15.1 Å². The van der Waals surface area contributed by atoms with Crippen LogP contribution in [0.1, 0.15) is 29.9 Å². The van der Waals surface area contributed by atoms with Crippen LogP contribution in [0.25, 0.3) is 0 Å². The van der Waals surface area contributed by atoms with E-state index in [1.807, 2.05) is 18.7 Å². The van der Waals surface area contributed by atoms with Crippen molar-refractivity contribution in [3.05, 3.63) is 29.4 Å². The second kappa shape index (κ2) is 7.50. The summed E-state index contributed by atoms with van der Waals surface area (Å²) in [7, 11) is 1.53. The molecule has 1 saturated heterocycles. The zero-order chi connectivity index (χ0) is 17.8. The smallest absolute Gasteiger partial charge is 0.235 e. The van der Waals surface area contributed by atoms with Gasteiger partial charge in [-0.05, 0) is 26.7 Å². The molecule has 1 atom stereocenters. The van der Waals surface area contributed by atoms with Crippen LogP contribution in [0.3, 0.4) is 0 Å². The van der Waals surface area contributed by atoms with Gasteiger partial charge in [0.05, 0.1) is 38.2 Å². The summed E-state index contributed by atoms with van der Waals surface area (Å²) in [6, 6.07) is 0. The van der Waals surface area contributed by atoms with E-state index < -0.39 is 0 Å². The lowest BCUT2D eigenvalue weighted by molar-refractivity contribution is -0.133. The molecule has 134 valence electrons. The quantitative estimate of drug-likeness (QED) is 0.814. The van der Waals surface area contributed by atoms with Crippen LogP contribution in [0.15, 0.2) is 16.9 Å². The zero-order valence-electron chi connectivity index (χ0n) is 14.7. The van der Waals surface area contributed by atoms with Gasteiger partial charge >= 0.3 is 0 Å². The molecule has 2 aromatic heterocycles. The highest BCUT2D eigenvalue weighted by molar-refractivity contribution is 5.79. The van der Waals surface area contributed by atoms with Crippen molar-refractivity contribution in [2.24, 2.45) is 0 Å². The Morgan fingerprint density at radius 1 is 1.36 bits per heavy atom. The van der Waals surface area contributed by atoms with Crippen LogP contribution in [0.5, 0.6) is 11.8 Å². The Balaban J connectivity index is 1.61. The number of carbonyl (C=O) groups is 1. The fourth-order valence-electron chi connectivity index (χ4n) is 2.94. The minimum absolute atomic E-state index is 0.0550. The number of hydrogen-bond donors (Lipinski definition) is 0. The van der Waals surface area contributed by atoms with E-state index in [1.165, 1.54) is 13.3 Å². The second-order valence-corrected chi connectivity index (χ2v) is 6.10. The predicted molar refractivity (Wildman–Crippen MR) is 88.5 cm³/mol. The average Bonchev–Trinajstić information content (AvgIpc) is 2.94. The molecule has 1 amide bonds. The molecule has 1 aliphatic heterocycles. The molecule has 0 spiro atoms. The Morgan fingerprint density at radius 3 is 2.88 bits per heavy atom. The van der Waals surface area contributed by atoms with Crippen molar-refractivity contribution in [3.8, 4) is 11.8 Å². The number of rotatable bonds is 5. The van der Waals surface area contributed by atoms with E-state index in [9.17, 15) is 4.79 Å². The molecule has 25 heavy (non-hydrogen) atoms. The number of likely N-dealkylation sites (tertiary alicyclic amines) is 1. The van der Waals surface area contributed by atoms with Gasteiger partial charge in [0.15, 0.2) is 0 Å². The first-order valence-electron chi connectivity index (χ1n) is 8.29. The van der Waals surface area contributed by atoms with Crippen molar-refractivity contribution in [3.63, 3.8) is 0 Å². The van der Waals surface area contributed by atoms with Gasteiger partial charge in [-0.2, -0.15) is 4.98 Å². The van der Waals surface area contributed by atoms with Gasteiger partial charge < -0.3 is 18.9 Å². The molecule has 3 rings (SSSR count). The van der Waals surface area contributed by atoms with E-state index in [-0.39, 0.29) is 12.0 Å². The lowest BCUT2D eigenvalue weighted by Crippen LogP contribution is -2.45. The zero-order valence-corrected chi connectivity index (χ0v) is 14.7. The molecule has 0 aromatic carbocycles. The fourth-order valence-corrected chi connectivity index (χ4v) is 2.94. The molecule has 3 heterocycles. The van der Waals surface area contributed by atoms with Gasteiger partial charge in [0, 0.05) is 12.1 Å². The summed E-state index contributed by atoms with van der Waals surface area (Å²) in [4.78, 5) is 22.7. The maximum Gasteiger partial charge on any atom is 0.235 e. The first kappa shape index (κ1) is 17.2. The molecule has 0 aliphatic carbocycles. The molecule has 1 fully saturated rings. The summed E-state index contributed by atoms with van der Waals surface area (Å²) in [5, 5.41) is 3.90. The summed E-state index contributed by atoms with van der Waals surface area (Å²) in [5.41, 5.74) is 1.63. The largest absolute Gasteiger partial charge is 0.480 e. The van der Waals surface area contributed by atoms with Crippen molar-refractivity contribution in [1.82, 2.24) is 20.0 Å². The molecule has 0 saturated carbocycles. The molecule has 2 aromatic rings. The highest BCUT2D eigenvalue weighted by Crippen LogP contribution is 2.20. The van der Waals surface area contributed by atoms with Gasteiger partial charge in [0.2, 0.25) is 17.7 Å². The maximum absolute atomic E-state index is 12.6. The number of hydrogen-bond acceptors (Lipinski definition) is 7. The number of aromatic nitrogens is 3. The van der Waals surface area contributed by atoms with Gasteiger partial charge in [-0.25, -0.2) is 0 Å². The van der Waals surface area contributed by atoms with Crippen LogP contribution in [0, 0.1) is 13.8 Å². The summed E-state index contributed by atoms with van der Waals surface area (Å²) in [6.45, 7) is 4.93. The topological polar surface area (TPSA) is 90.6 Å². The number of amides is 1. The van der Waals surface area contributed by atoms with E-state index in [0.29, 0.717) is 30.5 Å². The summed E-state index contributed by atoms with van der Waals surface area (Å²) >= 11 is 0. The highest BCUT2D eigenvalue weighted by Gasteiger charge is 2.26. The third kappa shape index (κ3) is 4.07. The predicted octanol–water partition coefficient (Wildman–Crippen LogP) is 1.70. The van der Waals surface area contributed by atoms with Crippen molar-refractivity contribution in [1.29, 1.82) is 0 Å². The molecule has 0 N–H and O–H groups in total. The van der Waals surface area contributed by atoms with E-state index in [4.69, 9.17) is 14.0 Å². The van der Waals surface area contributed by atoms with Gasteiger partial charge in [-0.15, -0.1) is 0 Å². The minimum atomic E-state index is -0.108. The first-order chi connectivity index (χ1) is 12.1. The fraction of sp³-hybridized carbons (Fsp3) is 0.529. The van der Waals surface area contributed by atoms with Crippen LogP contribution in [-0.4, -0.2) is 52.2 Å². The van der Waals surface area contributed by atoms with E-state index in [1.54, 1.807) is 6.20 Å². The number of piperidine rings is 1. The van der Waals surface area contributed by atoms with Crippen molar-refractivity contribution in [2.75, 3.05) is 20.2 Å². The number of aryl methyl sites for hydroxylation is 2. The Morgan fingerprint density at radius 2 is 2.16 bits per heavy atom. The van der Waals surface area contributed by atoms with Crippen LogP contribution < -0.4 is 9.47 Å². The maximum atomic E-state index is 12.6. The van der Waals surface area contributed by atoms with Crippen LogP contribution >= 0.6 is 0 Å². The number of methoxy groups -OCH3 is 1. The van der Waals surface area contributed by atoms with Gasteiger partial charge in [-0.3, -0.25) is 9.78 Å². The minimum Gasteiger partial charge on any atom is -0.480 e. The number of nitrogens with zero attached hydrogens (tertiary/aromatic N) is 4. The van der Waals surface area contributed by atoms with E-state index >= 15 is 0 Å². The molecule has 0 radical (unpaired) electrons. The Kier molecular flexibility index (Phi) is 5.16. The second-order valence-electron chi connectivity index (χ2n) is 6.10. The number of carbonyl (C=O) groups excluding carboxylic acids is 1. The van der Waals surface area contributed by atoms with Gasteiger partial charge in [0.25, 0.3) is 0 Å². The van der Waals surface area contributed by atoms with Gasteiger partial charge in [0.1, 0.15) is 11.9 Å². The summed E-state index contributed by atoms with van der Waals surface area (Å²) in [6.07, 6.45) is 5.01. The number of ether oxygens (including phenoxy) is 2. The van der Waals surface area contributed by atoms with Crippen LogP contribution in [0.2, 0.25) is 0 Å². The molecule has 0 bridgehead atoms. The van der Waals surface area contributed by atoms with Crippen molar-refractivity contribution >= 4 is 5.91 Å². The molecule has 8 nitrogen and oxygen atoms in total.